The van der Waals surface area contributed by atoms with Crippen LogP contribution in [0.2, 0.25) is 0 Å². The lowest BCUT2D eigenvalue weighted by Crippen LogP contribution is -2.41. The van der Waals surface area contributed by atoms with Crippen molar-refractivity contribution in [2.45, 2.75) is 57.9 Å². The molecule has 0 bridgehead atoms. The molecule has 2 rings (SSSR count). The molecule has 1 aliphatic rings. The van der Waals surface area contributed by atoms with Gasteiger partial charge in [0.2, 0.25) is 0 Å². The van der Waals surface area contributed by atoms with Gasteiger partial charge in [-0.3, -0.25) is 4.79 Å². The molecule has 0 radical (unpaired) electrons. The van der Waals surface area contributed by atoms with Gasteiger partial charge in [0.05, 0.1) is 6.61 Å². The van der Waals surface area contributed by atoms with Gasteiger partial charge in [-0.1, -0.05) is 43.2 Å². The van der Waals surface area contributed by atoms with E-state index in [1.165, 1.54) is 12.8 Å². The topological polar surface area (TPSA) is 55.4 Å². The minimum Gasteiger partial charge on any atom is -0.464 e. The summed E-state index contributed by atoms with van der Waals surface area (Å²) < 4.78 is 5.10. The molecule has 0 unspecified atom stereocenters. The molecule has 1 atom stereocenters. The van der Waals surface area contributed by atoms with E-state index in [0.29, 0.717) is 18.6 Å². The number of esters is 1. The Morgan fingerprint density at radius 2 is 1.96 bits per heavy atom. The van der Waals surface area contributed by atoms with Crippen molar-refractivity contribution in [3.63, 3.8) is 0 Å². The SMILES string of the molecule is CCOC(=O)[C@@H]1C/C=C\CCCCCCc2ccccc2C(=O)N1. The Kier molecular flexibility index (Phi) is 7.53. The van der Waals surface area contributed by atoms with Crippen molar-refractivity contribution in [3.8, 4) is 0 Å². The fraction of sp³-hybridized carbons (Fsp3) is 0.500. The quantitative estimate of drug-likeness (QED) is 0.663. The van der Waals surface area contributed by atoms with Crippen LogP contribution in [0.3, 0.4) is 0 Å². The first-order chi connectivity index (χ1) is 11.7. The Balaban J connectivity index is 2.20. The van der Waals surface area contributed by atoms with E-state index >= 15 is 0 Å². The second-order valence-electron chi connectivity index (χ2n) is 6.10. The third-order valence-electron chi connectivity index (χ3n) is 4.24. The molecule has 0 saturated carbocycles. The lowest BCUT2D eigenvalue weighted by molar-refractivity contribution is -0.145. The number of hydrogen-bond donors (Lipinski definition) is 1. The number of carbonyl (C=O) groups excluding carboxylic acids is 2. The van der Waals surface area contributed by atoms with Gasteiger partial charge in [0.15, 0.2) is 0 Å². The first-order valence-corrected chi connectivity index (χ1v) is 8.92. The number of hydrogen-bond acceptors (Lipinski definition) is 3. The number of rotatable bonds is 2. The second kappa shape index (κ2) is 9.91. The average Bonchev–Trinajstić information content (AvgIpc) is 2.59. The van der Waals surface area contributed by atoms with E-state index in [1.54, 1.807) is 6.92 Å². The Morgan fingerprint density at radius 1 is 1.17 bits per heavy atom. The van der Waals surface area contributed by atoms with Crippen molar-refractivity contribution in [2.24, 2.45) is 0 Å². The summed E-state index contributed by atoms with van der Waals surface area (Å²) >= 11 is 0. The molecule has 1 aromatic rings. The Morgan fingerprint density at radius 3 is 2.79 bits per heavy atom. The number of allylic oxidation sites excluding steroid dienone is 1. The lowest BCUT2D eigenvalue weighted by Gasteiger charge is -2.17. The van der Waals surface area contributed by atoms with Crippen LogP contribution in [-0.4, -0.2) is 24.5 Å². The zero-order valence-electron chi connectivity index (χ0n) is 14.4. The highest BCUT2D eigenvalue weighted by molar-refractivity contribution is 5.98. The third-order valence-corrected chi connectivity index (χ3v) is 4.24. The van der Waals surface area contributed by atoms with Crippen molar-refractivity contribution in [1.29, 1.82) is 0 Å². The van der Waals surface area contributed by atoms with Gasteiger partial charge in [-0.15, -0.1) is 0 Å². The molecular formula is C20H27NO3. The summed E-state index contributed by atoms with van der Waals surface area (Å²) in [4.78, 5) is 24.8. The predicted molar refractivity (Wildman–Crippen MR) is 94.9 cm³/mol. The molecule has 24 heavy (non-hydrogen) atoms. The molecule has 0 fully saturated rings. The van der Waals surface area contributed by atoms with Gasteiger partial charge in [-0.25, -0.2) is 4.79 Å². The van der Waals surface area contributed by atoms with Crippen LogP contribution in [0.15, 0.2) is 36.4 Å². The highest BCUT2D eigenvalue weighted by atomic mass is 16.5. The van der Waals surface area contributed by atoms with Gasteiger partial charge in [0, 0.05) is 5.56 Å². The summed E-state index contributed by atoms with van der Waals surface area (Å²) in [5, 5.41) is 2.85. The van der Waals surface area contributed by atoms with Gasteiger partial charge in [0.25, 0.3) is 5.91 Å². The number of aryl methyl sites for hydroxylation is 1. The van der Waals surface area contributed by atoms with Crippen molar-refractivity contribution >= 4 is 11.9 Å². The Bertz CT molecular complexity index is 580. The number of benzene rings is 1. The van der Waals surface area contributed by atoms with Crippen LogP contribution in [0.25, 0.3) is 0 Å². The highest BCUT2D eigenvalue weighted by Gasteiger charge is 2.22. The smallest absolute Gasteiger partial charge is 0.328 e. The third kappa shape index (κ3) is 5.52. The minimum absolute atomic E-state index is 0.200. The molecule has 0 aromatic heterocycles. The summed E-state index contributed by atoms with van der Waals surface area (Å²) in [7, 11) is 0. The second-order valence-corrected chi connectivity index (χ2v) is 6.10. The number of fused-ring (bicyclic) bond motifs is 1. The van der Waals surface area contributed by atoms with E-state index in [0.717, 1.165) is 31.2 Å². The van der Waals surface area contributed by atoms with Gasteiger partial charge in [-0.2, -0.15) is 0 Å². The molecule has 4 heteroatoms. The van der Waals surface area contributed by atoms with Gasteiger partial charge >= 0.3 is 5.97 Å². The molecule has 0 aliphatic carbocycles. The zero-order valence-corrected chi connectivity index (χ0v) is 14.4. The van der Waals surface area contributed by atoms with E-state index in [-0.39, 0.29) is 11.9 Å². The summed E-state index contributed by atoms with van der Waals surface area (Å²) in [5.74, 6) is -0.575. The molecule has 1 aromatic carbocycles. The van der Waals surface area contributed by atoms with Gasteiger partial charge < -0.3 is 10.1 Å². The van der Waals surface area contributed by atoms with E-state index in [1.807, 2.05) is 30.3 Å². The molecule has 0 saturated heterocycles. The van der Waals surface area contributed by atoms with E-state index in [9.17, 15) is 9.59 Å². The van der Waals surface area contributed by atoms with Crippen molar-refractivity contribution in [2.75, 3.05) is 6.61 Å². The fourth-order valence-corrected chi connectivity index (χ4v) is 2.93. The van der Waals surface area contributed by atoms with E-state index < -0.39 is 6.04 Å². The minimum atomic E-state index is -0.635. The van der Waals surface area contributed by atoms with Crippen LogP contribution in [-0.2, 0) is 16.0 Å². The van der Waals surface area contributed by atoms with Crippen LogP contribution in [0.4, 0.5) is 0 Å². The van der Waals surface area contributed by atoms with Crippen molar-refractivity contribution in [3.05, 3.63) is 47.5 Å². The largest absolute Gasteiger partial charge is 0.464 e. The predicted octanol–water partition coefficient (Wildman–Crippen LogP) is 3.80. The number of carbonyl (C=O) groups is 2. The zero-order chi connectivity index (χ0) is 17.2. The molecular weight excluding hydrogens is 302 g/mol. The molecule has 0 spiro atoms. The van der Waals surface area contributed by atoms with Crippen molar-refractivity contribution < 1.29 is 14.3 Å². The summed E-state index contributed by atoms with van der Waals surface area (Å²) in [5.41, 5.74) is 1.71. The lowest BCUT2D eigenvalue weighted by atomic mass is 9.99. The normalized spacial score (nSPS) is 21.0. The Labute approximate surface area is 144 Å². The van der Waals surface area contributed by atoms with E-state index in [4.69, 9.17) is 4.74 Å². The van der Waals surface area contributed by atoms with Gasteiger partial charge in [-0.05, 0) is 50.7 Å². The first-order valence-electron chi connectivity index (χ1n) is 8.92. The van der Waals surface area contributed by atoms with Crippen LogP contribution in [0, 0.1) is 0 Å². The summed E-state index contributed by atoms with van der Waals surface area (Å²) in [6.45, 7) is 2.08. The molecule has 1 aliphatic heterocycles. The Hall–Kier alpha value is -2.10. The first kappa shape index (κ1) is 18.2. The van der Waals surface area contributed by atoms with Crippen LogP contribution < -0.4 is 5.32 Å². The molecule has 130 valence electrons. The number of ether oxygens (including phenoxy) is 1. The molecule has 4 nitrogen and oxygen atoms in total. The summed E-state index contributed by atoms with van der Waals surface area (Å²) in [6.07, 6.45) is 11.0. The number of amides is 1. The maximum absolute atomic E-state index is 12.7. The van der Waals surface area contributed by atoms with Crippen LogP contribution in [0.5, 0.6) is 0 Å². The van der Waals surface area contributed by atoms with Crippen molar-refractivity contribution in [1.82, 2.24) is 5.32 Å². The molecule has 1 amide bonds. The van der Waals surface area contributed by atoms with E-state index in [2.05, 4.69) is 11.4 Å². The maximum atomic E-state index is 12.7. The average molecular weight is 329 g/mol. The van der Waals surface area contributed by atoms with Crippen LogP contribution >= 0.6 is 0 Å². The van der Waals surface area contributed by atoms with Crippen LogP contribution in [0.1, 0.15) is 61.4 Å². The highest BCUT2D eigenvalue weighted by Crippen LogP contribution is 2.15. The molecule has 1 N–H and O–H groups in total. The summed E-state index contributed by atoms with van der Waals surface area (Å²) in [6, 6.07) is 7.01. The maximum Gasteiger partial charge on any atom is 0.328 e. The van der Waals surface area contributed by atoms with Gasteiger partial charge in [0.1, 0.15) is 6.04 Å². The fourth-order valence-electron chi connectivity index (χ4n) is 2.93. The standard InChI is InChI=1S/C20H27NO3/c1-2-24-20(23)18-15-9-7-5-3-4-6-8-12-16-13-10-11-14-17(16)19(22)21-18/h7,9-11,13-14,18H,2-6,8,12,15H2,1H3,(H,21,22)/b9-7-/t18-/m0/s1. The number of nitrogens with one attached hydrogen (secondary N) is 1. The monoisotopic (exact) mass is 329 g/mol. The molecule has 1 heterocycles.